The monoisotopic (exact) mass is 1740 g/mol. The third-order valence-corrected chi connectivity index (χ3v) is 21.4. The number of carbonyl (C=O) groups excluding carboxylic acids is 2. The number of halogens is 6. The van der Waals surface area contributed by atoms with Gasteiger partial charge in [0.15, 0.2) is 0 Å². The molecule has 24 heteroatoms. The number of aromatic hydroxyl groups is 2. The predicted octanol–water partition coefficient (Wildman–Crippen LogP) is 19.0. The summed E-state index contributed by atoms with van der Waals surface area (Å²) in [5.41, 5.74) is 18.2. The van der Waals surface area contributed by atoms with E-state index in [-0.39, 0.29) is 97.3 Å². The lowest BCUT2D eigenvalue weighted by Gasteiger charge is -2.26. The van der Waals surface area contributed by atoms with Crippen LogP contribution in [-0.4, -0.2) is 104 Å². The van der Waals surface area contributed by atoms with E-state index < -0.39 is 11.9 Å². The molecule has 0 amide bonds. The number of nitrogens with two attached hydrogens (primary N) is 1. The van der Waals surface area contributed by atoms with Gasteiger partial charge in [-0.05, 0) is 219 Å². The average Bonchev–Trinajstić information content (AvgIpc) is 0.801. The second kappa shape index (κ2) is 49.7. The zero-order valence-corrected chi connectivity index (χ0v) is 72.1. The number of fused-ring (bicyclic) bond motifs is 5. The van der Waals surface area contributed by atoms with Crippen molar-refractivity contribution in [3.05, 3.63) is 272 Å². The molecule has 0 saturated heterocycles. The van der Waals surface area contributed by atoms with Gasteiger partial charge in [-0.15, -0.1) is 0 Å². The van der Waals surface area contributed by atoms with Crippen molar-refractivity contribution in [2.75, 3.05) is 59.5 Å². The van der Waals surface area contributed by atoms with E-state index in [1.807, 2.05) is 119 Å². The summed E-state index contributed by atoms with van der Waals surface area (Å²) in [4.78, 5) is 25.0. The van der Waals surface area contributed by atoms with E-state index in [1.54, 1.807) is 62.4 Å². The van der Waals surface area contributed by atoms with Gasteiger partial charge in [0.2, 0.25) is 0 Å². The fraction of sp³-hybridized carbons (Fsp3) is 0.396. The Kier molecular flexibility index (Phi) is 39.5. The van der Waals surface area contributed by atoms with Crippen molar-refractivity contribution in [1.29, 1.82) is 0 Å². The second-order valence-electron chi connectivity index (χ2n) is 29.7. The first-order valence-electron chi connectivity index (χ1n) is 41.0. The highest BCUT2D eigenvalue weighted by Gasteiger charge is 2.27. The van der Waals surface area contributed by atoms with Crippen LogP contribution in [0.3, 0.4) is 0 Å². The molecule has 0 bridgehead atoms. The Hall–Kier alpha value is -10.0. The number of carbonyl (C=O) groups is 2. The number of aliphatic hydroxyl groups excluding tert-OH is 2. The predicted molar refractivity (Wildman–Crippen MR) is 462 cm³/mol. The van der Waals surface area contributed by atoms with Crippen molar-refractivity contribution in [1.82, 2.24) is 4.84 Å². The van der Waals surface area contributed by atoms with Crippen LogP contribution < -0.4 is 48.5 Å². The second-order valence-corrected chi connectivity index (χ2v) is 30.5. The summed E-state index contributed by atoms with van der Waals surface area (Å²) in [5, 5.41) is 36.7. The van der Waals surface area contributed by atoms with E-state index >= 15 is 0 Å². The van der Waals surface area contributed by atoms with Gasteiger partial charge < -0.3 is 73.5 Å². The molecule has 120 heavy (non-hydrogen) atoms. The zero-order chi connectivity index (χ0) is 86.6. The number of hydrogen-bond acceptors (Lipinski definition) is 18. The molecule has 5 aliphatic rings. The average molecular weight is 1740 g/mol. The quantitative estimate of drug-likeness (QED) is 0.0108. The van der Waals surface area contributed by atoms with Gasteiger partial charge in [-0.1, -0.05) is 143 Å². The Morgan fingerprint density at radius 3 is 1.27 bits per heavy atom. The molecule has 14 rings (SSSR count). The molecule has 646 valence electrons. The maximum absolute atomic E-state index is 14.2. The van der Waals surface area contributed by atoms with Crippen molar-refractivity contribution in [2.24, 2.45) is 29.4 Å². The van der Waals surface area contributed by atoms with Gasteiger partial charge in [0.25, 0.3) is 0 Å². The summed E-state index contributed by atoms with van der Waals surface area (Å²) in [6.07, 6.45) is 9.11. The Labute approximate surface area is 716 Å². The zero-order valence-electron chi connectivity index (χ0n) is 69.8. The number of nitrogens with one attached hydrogen (secondary N) is 1. The maximum atomic E-state index is 14.2. The number of phenols is 2. The third-order valence-electron chi connectivity index (χ3n) is 20.6. The number of alkyl halides is 1. The molecule has 7 N–H and O–H groups in total. The number of esters is 2. The first kappa shape index (κ1) is 95.5. The van der Waals surface area contributed by atoms with Gasteiger partial charge in [-0.3, -0.25) is 4.79 Å². The molecule has 0 fully saturated rings. The first-order chi connectivity index (χ1) is 57.9. The van der Waals surface area contributed by atoms with Crippen molar-refractivity contribution in [3.8, 4) is 57.5 Å². The van der Waals surface area contributed by atoms with Gasteiger partial charge in [0.1, 0.15) is 114 Å². The third kappa shape index (κ3) is 29.1. The van der Waals surface area contributed by atoms with E-state index in [9.17, 15) is 42.5 Å². The van der Waals surface area contributed by atoms with Crippen LogP contribution in [0.25, 0.3) is 0 Å². The van der Waals surface area contributed by atoms with Crippen LogP contribution in [0.2, 0.25) is 0 Å². The lowest BCUT2D eigenvalue weighted by molar-refractivity contribution is -0.149. The summed E-state index contributed by atoms with van der Waals surface area (Å²) < 4.78 is 110. The molecule has 1 unspecified atom stereocenters. The summed E-state index contributed by atoms with van der Waals surface area (Å²) in [7, 11) is 0. The number of benzene rings is 9. The Balaban J connectivity index is 0.000000181. The normalized spacial score (nSPS) is 16.3. The van der Waals surface area contributed by atoms with Crippen LogP contribution in [-0.2, 0) is 102 Å². The van der Waals surface area contributed by atoms with Gasteiger partial charge in [-0.2, -0.15) is 0 Å². The maximum Gasteiger partial charge on any atom is 0.335 e. The highest BCUT2D eigenvalue weighted by molar-refractivity contribution is 9.08. The molecule has 18 nitrogen and oxygen atoms in total. The van der Waals surface area contributed by atoms with Gasteiger partial charge in [0.05, 0.1) is 63.8 Å². The fourth-order valence-corrected chi connectivity index (χ4v) is 14.6. The highest BCUT2D eigenvalue weighted by Crippen LogP contribution is 2.37. The minimum atomic E-state index is -0.528. The Bertz CT molecular complexity index is 4650. The van der Waals surface area contributed by atoms with Gasteiger partial charge >= 0.3 is 11.9 Å². The molecule has 0 saturated carbocycles. The molecule has 6 atom stereocenters. The molecule has 0 spiro atoms. The Morgan fingerprint density at radius 1 is 0.500 bits per heavy atom. The van der Waals surface area contributed by atoms with Gasteiger partial charge in [-0.25, -0.2) is 27.2 Å². The SMILES string of the molecule is C=C(CO)C(=O)OCC.CCOC(=O)C(CO)CC[C@@H]1COc2cc(OCc3c(F)cccc3CC)ccc2C1.CCc1cccc(F)c1CBr.CCc1cccc(F)c1COc1ccc2c(c1)OC[C@@H](C)C2.CCc1cccc(F)c1COc1ccc2c(c1)OC[C@@H](N)C2.C[C@@H]1COc2cc(O)ccc2C1.Oc1ccc2c(c1)OC[C@@H](NCl)C2. The van der Waals surface area contributed by atoms with Crippen LogP contribution in [0, 0.1) is 46.9 Å². The minimum absolute atomic E-state index is 0.0461. The summed E-state index contributed by atoms with van der Waals surface area (Å²) >= 11 is 8.76. The van der Waals surface area contributed by atoms with E-state index in [0.29, 0.717) is 84.8 Å². The number of aryl methyl sites for hydroxylation is 4. The lowest BCUT2D eigenvalue weighted by Crippen LogP contribution is -2.34. The minimum Gasteiger partial charge on any atom is -0.508 e. The molecule has 0 aliphatic carbocycles. The van der Waals surface area contributed by atoms with Crippen molar-refractivity contribution in [3.63, 3.8) is 0 Å². The fourth-order valence-electron chi connectivity index (χ4n) is 13.8. The molecule has 0 radical (unpaired) electrons. The molecule has 9 aromatic carbocycles. The van der Waals surface area contributed by atoms with Crippen molar-refractivity contribution in [2.45, 2.75) is 163 Å². The van der Waals surface area contributed by atoms with Crippen molar-refractivity contribution >= 4 is 39.6 Å². The summed E-state index contributed by atoms with van der Waals surface area (Å²) in [6, 6.07) is 48.5. The van der Waals surface area contributed by atoms with Crippen LogP contribution in [0.1, 0.15) is 141 Å². The Morgan fingerprint density at radius 2 is 0.875 bits per heavy atom. The molecule has 0 aromatic heterocycles. The number of phenolic OH excluding ortho intramolecular Hbond substituents is 2. The van der Waals surface area contributed by atoms with Crippen LogP contribution in [0.4, 0.5) is 17.6 Å². The van der Waals surface area contributed by atoms with E-state index in [2.05, 4.69) is 45.9 Å². The van der Waals surface area contributed by atoms with Crippen LogP contribution in [0.5, 0.6) is 57.5 Å². The number of rotatable bonds is 24. The van der Waals surface area contributed by atoms with E-state index in [1.165, 1.54) is 35.4 Å². The topological polar surface area (TPSA) is 245 Å². The number of hydrogen-bond donors (Lipinski definition) is 6. The lowest BCUT2D eigenvalue weighted by atomic mass is 9.89. The van der Waals surface area contributed by atoms with Crippen LogP contribution >= 0.6 is 27.7 Å². The highest BCUT2D eigenvalue weighted by atomic mass is 79.9. The van der Waals surface area contributed by atoms with E-state index in [4.69, 9.17) is 65.2 Å². The van der Waals surface area contributed by atoms with Gasteiger partial charge in [0, 0.05) is 64.0 Å². The molecular weight excluding hydrogens is 1630 g/mol. The van der Waals surface area contributed by atoms with E-state index in [0.717, 1.165) is 156 Å². The molecule has 5 heterocycles. The van der Waals surface area contributed by atoms with Crippen molar-refractivity contribution < 1.29 is 94.9 Å². The molecule has 5 aliphatic heterocycles. The largest absolute Gasteiger partial charge is 0.508 e. The molecular formula is C96H114BrClF4N2O16. The summed E-state index contributed by atoms with van der Waals surface area (Å²) in [6.45, 7) is 23.0. The summed E-state index contributed by atoms with van der Waals surface area (Å²) in [5.74, 6) is 5.89. The number of aliphatic hydroxyl groups is 2. The number of ether oxygens (including phenoxy) is 10. The molecule has 9 aromatic rings. The smallest absolute Gasteiger partial charge is 0.335 e. The van der Waals surface area contributed by atoms with Crippen LogP contribution in [0.15, 0.2) is 176 Å². The standard InChI is InChI=1S/C25H31FO5.C19H21FO2.C18H20FNO2.C10H12O2.C9H10BrF.C9H10ClNO2.C6H10O3/c1-3-18-6-5-7-23(26)22(18)16-30-21-11-10-19-12-17(15-31-24(19)13-21)8-9-20(14-27)25(28)29-4-2;1-3-14-5-4-6-18(20)17(14)12-21-16-8-7-15-9-13(2)11-22-19(15)10-16;1-2-12-4-3-5-17(19)16(12)11-21-15-7-6-13-8-14(20)10-22-18(13)9-15;1-7-4-8-2-3-9(11)5-10(8)12-6-7;1-2-7-4-3-5-9(11)8(7)6-10;10-11-7-3-6-1-2-8(12)4-9(6)13-5-7;1-3-9-6(8)5(2)4-7/h5-7,10-11,13,17,20,27H,3-4,8-9,12,14-16H2,1-2H3;4-8,10,13H,3,9,11-12H2,1-2H3;3-7,9,14H,2,8,10-11,20H2,1H3;2-3,5,7,11H,4,6H2,1H3;3-5H,2,6H2,1H3;1-2,4,7,11-12H,3,5H2;7H,2-4H2,1H3/t17-,20?;13-;14-;7-;;7-;/m0000.0./s1. The first-order valence-corrected chi connectivity index (χ1v) is 42.5.